The zero-order chi connectivity index (χ0) is 9.80. The SMILES string of the molecule is C[C@H]1CC[C@H](CN2CCCCC2)CC1. The van der Waals surface area contributed by atoms with Crippen LogP contribution in [0.4, 0.5) is 0 Å². The summed E-state index contributed by atoms with van der Waals surface area (Å²) in [5.74, 6) is 2.04. The van der Waals surface area contributed by atoms with Crippen LogP contribution >= 0.6 is 0 Å². The minimum atomic E-state index is 1.01. The molecule has 2 aliphatic rings. The molecule has 0 aromatic carbocycles. The Hall–Kier alpha value is -0.0400. The fourth-order valence-corrected chi connectivity index (χ4v) is 3.02. The predicted octanol–water partition coefficient (Wildman–Crippen LogP) is 3.30. The number of hydrogen-bond donors (Lipinski definition) is 0. The molecule has 0 amide bonds. The molecule has 0 bridgehead atoms. The average Bonchev–Trinajstić information content (AvgIpc) is 2.23. The maximum Gasteiger partial charge on any atom is 0.000966 e. The third-order valence-electron chi connectivity index (χ3n) is 4.10. The van der Waals surface area contributed by atoms with Crippen molar-refractivity contribution in [3.05, 3.63) is 0 Å². The van der Waals surface area contributed by atoms with Gasteiger partial charge in [-0.25, -0.2) is 0 Å². The van der Waals surface area contributed by atoms with Gasteiger partial charge < -0.3 is 4.90 Å². The summed E-state index contributed by atoms with van der Waals surface area (Å²) >= 11 is 0. The zero-order valence-corrected chi connectivity index (χ0v) is 9.67. The van der Waals surface area contributed by atoms with Crippen LogP contribution in [-0.4, -0.2) is 24.5 Å². The van der Waals surface area contributed by atoms with E-state index >= 15 is 0 Å². The van der Waals surface area contributed by atoms with Gasteiger partial charge in [0.05, 0.1) is 0 Å². The smallest absolute Gasteiger partial charge is 0.000966 e. The van der Waals surface area contributed by atoms with Crippen LogP contribution in [0, 0.1) is 11.8 Å². The van der Waals surface area contributed by atoms with Gasteiger partial charge in [-0.3, -0.25) is 0 Å². The lowest BCUT2D eigenvalue weighted by Gasteiger charge is -2.33. The first-order chi connectivity index (χ1) is 6.84. The second-order valence-corrected chi connectivity index (χ2v) is 5.49. The fraction of sp³-hybridized carbons (Fsp3) is 1.00. The molecule has 0 atom stereocenters. The number of rotatable bonds is 2. The topological polar surface area (TPSA) is 3.24 Å². The Labute approximate surface area is 88.9 Å². The molecule has 0 aromatic rings. The highest BCUT2D eigenvalue weighted by Gasteiger charge is 2.21. The lowest BCUT2D eigenvalue weighted by atomic mass is 9.82. The summed E-state index contributed by atoms with van der Waals surface area (Å²) in [6.45, 7) is 6.59. The van der Waals surface area contributed by atoms with Gasteiger partial charge in [0.1, 0.15) is 0 Å². The van der Waals surface area contributed by atoms with Crippen molar-refractivity contribution < 1.29 is 0 Å². The van der Waals surface area contributed by atoms with E-state index in [1.54, 1.807) is 0 Å². The Balaban J connectivity index is 1.68. The Morgan fingerprint density at radius 1 is 0.929 bits per heavy atom. The molecular formula is C13H25N. The fourth-order valence-electron chi connectivity index (χ4n) is 3.02. The molecule has 1 saturated heterocycles. The normalized spacial score (nSPS) is 35.8. The summed E-state index contributed by atoms with van der Waals surface area (Å²) < 4.78 is 0. The highest BCUT2D eigenvalue weighted by molar-refractivity contribution is 4.74. The molecule has 1 aliphatic heterocycles. The molecule has 2 fully saturated rings. The third-order valence-corrected chi connectivity index (χ3v) is 4.10. The minimum absolute atomic E-state index is 1.01. The Bertz CT molecular complexity index is 153. The van der Waals surface area contributed by atoms with Gasteiger partial charge in [0, 0.05) is 6.54 Å². The summed E-state index contributed by atoms with van der Waals surface area (Å²) in [7, 11) is 0. The van der Waals surface area contributed by atoms with E-state index in [-0.39, 0.29) is 0 Å². The maximum absolute atomic E-state index is 2.71. The molecule has 0 spiro atoms. The van der Waals surface area contributed by atoms with Gasteiger partial charge in [-0.15, -0.1) is 0 Å². The third kappa shape index (κ3) is 2.98. The Kier molecular flexibility index (Phi) is 3.86. The van der Waals surface area contributed by atoms with Gasteiger partial charge in [0.2, 0.25) is 0 Å². The van der Waals surface area contributed by atoms with Crippen molar-refractivity contribution in [2.75, 3.05) is 19.6 Å². The van der Waals surface area contributed by atoms with Gasteiger partial charge >= 0.3 is 0 Å². The van der Waals surface area contributed by atoms with Crippen molar-refractivity contribution >= 4 is 0 Å². The summed E-state index contributed by atoms with van der Waals surface area (Å²) in [4.78, 5) is 2.71. The van der Waals surface area contributed by atoms with Crippen LogP contribution in [0.5, 0.6) is 0 Å². The first kappa shape index (κ1) is 10.5. The molecule has 0 radical (unpaired) electrons. The first-order valence-electron chi connectivity index (χ1n) is 6.57. The van der Waals surface area contributed by atoms with Crippen LogP contribution in [0.3, 0.4) is 0 Å². The first-order valence-corrected chi connectivity index (χ1v) is 6.57. The summed E-state index contributed by atoms with van der Waals surface area (Å²) in [6, 6.07) is 0. The molecule has 0 N–H and O–H groups in total. The molecule has 1 heteroatoms. The predicted molar refractivity (Wildman–Crippen MR) is 61.4 cm³/mol. The Morgan fingerprint density at radius 3 is 2.21 bits per heavy atom. The van der Waals surface area contributed by atoms with Gasteiger partial charge in [-0.05, 0) is 50.6 Å². The van der Waals surface area contributed by atoms with E-state index in [9.17, 15) is 0 Å². The largest absolute Gasteiger partial charge is 0.303 e. The summed E-state index contributed by atoms with van der Waals surface area (Å²) in [6.07, 6.45) is 10.3. The Morgan fingerprint density at radius 2 is 1.57 bits per heavy atom. The molecule has 1 heterocycles. The molecule has 0 aromatic heterocycles. The monoisotopic (exact) mass is 195 g/mol. The van der Waals surface area contributed by atoms with E-state index in [0.29, 0.717) is 0 Å². The molecule has 1 saturated carbocycles. The van der Waals surface area contributed by atoms with Crippen molar-refractivity contribution in [3.63, 3.8) is 0 Å². The van der Waals surface area contributed by atoms with Crippen LogP contribution in [0.25, 0.3) is 0 Å². The standard InChI is InChI=1S/C13H25N/c1-12-5-7-13(8-6-12)11-14-9-3-2-4-10-14/h12-13H,2-11H2,1H3/t12-,13-. The van der Waals surface area contributed by atoms with Gasteiger partial charge in [-0.2, -0.15) is 0 Å². The second-order valence-electron chi connectivity index (χ2n) is 5.49. The molecule has 1 aliphatic carbocycles. The quantitative estimate of drug-likeness (QED) is 0.653. The highest BCUT2D eigenvalue weighted by Crippen LogP contribution is 2.29. The van der Waals surface area contributed by atoms with Gasteiger partial charge in [0.15, 0.2) is 0 Å². The average molecular weight is 195 g/mol. The molecule has 1 nitrogen and oxygen atoms in total. The van der Waals surface area contributed by atoms with Crippen molar-refractivity contribution in [1.82, 2.24) is 4.90 Å². The van der Waals surface area contributed by atoms with Crippen molar-refractivity contribution in [2.45, 2.75) is 51.9 Å². The molecule has 14 heavy (non-hydrogen) atoms. The van der Waals surface area contributed by atoms with Crippen LogP contribution in [0.2, 0.25) is 0 Å². The lowest BCUT2D eigenvalue weighted by molar-refractivity contribution is 0.162. The van der Waals surface area contributed by atoms with Crippen molar-refractivity contribution in [3.8, 4) is 0 Å². The minimum Gasteiger partial charge on any atom is -0.303 e. The highest BCUT2D eigenvalue weighted by atomic mass is 15.1. The number of likely N-dealkylation sites (tertiary alicyclic amines) is 1. The van der Waals surface area contributed by atoms with Gasteiger partial charge in [0.25, 0.3) is 0 Å². The zero-order valence-electron chi connectivity index (χ0n) is 9.67. The maximum atomic E-state index is 2.71. The second kappa shape index (κ2) is 5.16. The van der Waals surface area contributed by atoms with Crippen molar-refractivity contribution in [1.29, 1.82) is 0 Å². The summed E-state index contributed by atoms with van der Waals surface area (Å²) in [5.41, 5.74) is 0. The van der Waals surface area contributed by atoms with E-state index in [4.69, 9.17) is 0 Å². The van der Waals surface area contributed by atoms with E-state index in [1.807, 2.05) is 0 Å². The molecular weight excluding hydrogens is 170 g/mol. The number of hydrogen-bond acceptors (Lipinski definition) is 1. The van der Waals surface area contributed by atoms with E-state index in [1.165, 1.54) is 64.6 Å². The number of nitrogens with zero attached hydrogens (tertiary/aromatic N) is 1. The lowest BCUT2D eigenvalue weighted by Crippen LogP contribution is -2.35. The molecule has 0 unspecified atom stereocenters. The van der Waals surface area contributed by atoms with E-state index < -0.39 is 0 Å². The van der Waals surface area contributed by atoms with Crippen LogP contribution in [0.15, 0.2) is 0 Å². The van der Waals surface area contributed by atoms with E-state index in [0.717, 1.165) is 11.8 Å². The molecule has 82 valence electrons. The van der Waals surface area contributed by atoms with E-state index in [2.05, 4.69) is 11.8 Å². The van der Waals surface area contributed by atoms with Crippen LogP contribution in [0.1, 0.15) is 51.9 Å². The summed E-state index contributed by atoms with van der Waals surface area (Å²) in [5, 5.41) is 0. The number of piperidine rings is 1. The van der Waals surface area contributed by atoms with Gasteiger partial charge in [-0.1, -0.05) is 26.2 Å². The van der Waals surface area contributed by atoms with Crippen LogP contribution < -0.4 is 0 Å². The van der Waals surface area contributed by atoms with Crippen molar-refractivity contribution in [2.24, 2.45) is 11.8 Å². The van der Waals surface area contributed by atoms with Crippen LogP contribution in [-0.2, 0) is 0 Å². The molecule has 2 rings (SSSR count).